The van der Waals surface area contributed by atoms with Crippen LogP contribution in [-0.4, -0.2) is 23.9 Å². The van der Waals surface area contributed by atoms with E-state index in [-0.39, 0.29) is 5.41 Å². The van der Waals surface area contributed by atoms with Gasteiger partial charge in [0.2, 0.25) is 5.91 Å². The summed E-state index contributed by atoms with van der Waals surface area (Å²) in [6.07, 6.45) is 3.07. The standard InChI is InChI=1S/C10H19NO/c1-10(2,3)7-9(12)11(4)8-5-6-8/h8H,5-7H2,1-4H3. The molecule has 0 bridgehead atoms. The van der Waals surface area contributed by atoms with Crippen molar-refractivity contribution in [3.63, 3.8) is 0 Å². The lowest BCUT2D eigenvalue weighted by atomic mass is 9.92. The number of amides is 1. The number of nitrogens with zero attached hydrogens (tertiary/aromatic N) is 1. The van der Waals surface area contributed by atoms with Crippen molar-refractivity contribution in [3.8, 4) is 0 Å². The van der Waals surface area contributed by atoms with Gasteiger partial charge in [0.15, 0.2) is 0 Å². The van der Waals surface area contributed by atoms with Crippen LogP contribution in [0.4, 0.5) is 0 Å². The highest BCUT2D eigenvalue weighted by molar-refractivity contribution is 5.77. The molecule has 0 N–H and O–H groups in total. The van der Waals surface area contributed by atoms with E-state index >= 15 is 0 Å². The molecule has 0 aliphatic heterocycles. The van der Waals surface area contributed by atoms with Crippen molar-refractivity contribution in [1.29, 1.82) is 0 Å². The lowest BCUT2D eigenvalue weighted by Gasteiger charge is -2.22. The fourth-order valence-corrected chi connectivity index (χ4v) is 1.24. The normalized spacial score (nSPS) is 17.7. The second-order valence-corrected chi connectivity index (χ2v) is 4.97. The van der Waals surface area contributed by atoms with Crippen LogP contribution in [0.15, 0.2) is 0 Å². The average Bonchev–Trinajstić information content (AvgIpc) is 2.62. The Balaban J connectivity index is 2.36. The molecule has 0 aromatic carbocycles. The minimum atomic E-state index is 0.125. The molecule has 1 amide bonds. The SMILES string of the molecule is CN(C(=O)CC(C)(C)C)C1CC1. The van der Waals surface area contributed by atoms with E-state index in [0.717, 1.165) is 0 Å². The summed E-state index contributed by atoms with van der Waals surface area (Å²) in [5, 5.41) is 0. The minimum Gasteiger partial charge on any atom is -0.343 e. The number of carbonyl (C=O) groups excluding carboxylic acids is 1. The van der Waals surface area contributed by atoms with Crippen molar-refractivity contribution >= 4 is 5.91 Å². The number of carbonyl (C=O) groups is 1. The Labute approximate surface area is 74.9 Å². The summed E-state index contributed by atoms with van der Waals surface area (Å²) >= 11 is 0. The third-order valence-corrected chi connectivity index (χ3v) is 2.17. The Kier molecular flexibility index (Phi) is 2.45. The number of hydrogen-bond acceptors (Lipinski definition) is 1. The number of rotatable bonds is 2. The molecule has 1 saturated carbocycles. The molecule has 2 heteroatoms. The van der Waals surface area contributed by atoms with Crippen LogP contribution >= 0.6 is 0 Å². The third-order valence-electron chi connectivity index (χ3n) is 2.17. The van der Waals surface area contributed by atoms with E-state index in [1.807, 2.05) is 11.9 Å². The van der Waals surface area contributed by atoms with Crippen LogP contribution in [0.2, 0.25) is 0 Å². The van der Waals surface area contributed by atoms with Gasteiger partial charge in [0.05, 0.1) is 0 Å². The van der Waals surface area contributed by atoms with Gasteiger partial charge in [-0.1, -0.05) is 20.8 Å². The summed E-state index contributed by atoms with van der Waals surface area (Å²) < 4.78 is 0. The van der Waals surface area contributed by atoms with Crippen LogP contribution in [0.5, 0.6) is 0 Å². The summed E-state index contributed by atoms with van der Waals surface area (Å²) in [6, 6.07) is 0.555. The zero-order chi connectivity index (χ0) is 9.35. The Bertz CT molecular complexity index is 177. The third kappa shape index (κ3) is 2.84. The van der Waals surface area contributed by atoms with Crippen LogP contribution in [0, 0.1) is 5.41 Å². The van der Waals surface area contributed by atoms with Crippen molar-refractivity contribution in [3.05, 3.63) is 0 Å². The smallest absolute Gasteiger partial charge is 0.223 e. The first-order valence-corrected chi connectivity index (χ1v) is 4.66. The lowest BCUT2D eigenvalue weighted by molar-refractivity contribution is -0.132. The van der Waals surface area contributed by atoms with E-state index in [0.29, 0.717) is 18.4 Å². The molecule has 1 aliphatic carbocycles. The van der Waals surface area contributed by atoms with Gasteiger partial charge in [-0.15, -0.1) is 0 Å². The van der Waals surface area contributed by atoms with E-state index in [2.05, 4.69) is 20.8 Å². The summed E-state index contributed by atoms with van der Waals surface area (Å²) in [7, 11) is 1.92. The first-order chi connectivity index (χ1) is 5.40. The molecule has 0 aromatic rings. The second-order valence-electron chi connectivity index (χ2n) is 4.97. The van der Waals surface area contributed by atoms with Crippen LogP contribution in [0.1, 0.15) is 40.0 Å². The molecule has 12 heavy (non-hydrogen) atoms. The van der Waals surface area contributed by atoms with Crippen LogP contribution in [0.3, 0.4) is 0 Å². The van der Waals surface area contributed by atoms with Crippen molar-refractivity contribution in [2.24, 2.45) is 5.41 Å². The largest absolute Gasteiger partial charge is 0.343 e. The van der Waals surface area contributed by atoms with Crippen molar-refractivity contribution < 1.29 is 4.79 Å². The zero-order valence-corrected chi connectivity index (χ0v) is 8.55. The highest BCUT2D eigenvalue weighted by Gasteiger charge is 2.30. The lowest BCUT2D eigenvalue weighted by Crippen LogP contribution is -2.31. The van der Waals surface area contributed by atoms with E-state index in [9.17, 15) is 4.79 Å². The minimum absolute atomic E-state index is 0.125. The first kappa shape index (κ1) is 9.56. The Morgan fingerprint density at radius 3 is 2.25 bits per heavy atom. The highest BCUT2D eigenvalue weighted by Crippen LogP contribution is 2.28. The molecule has 1 aliphatic rings. The maximum absolute atomic E-state index is 11.6. The summed E-state index contributed by atoms with van der Waals surface area (Å²) in [5.41, 5.74) is 0.125. The topological polar surface area (TPSA) is 20.3 Å². The molecule has 0 spiro atoms. The molecule has 0 unspecified atom stereocenters. The van der Waals surface area contributed by atoms with Gasteiger partial charge >= 0.3 is 0 Å². The van der Waals surface area contributed by atoms with E-state index in [4.69, 9.17) is 0 Å². The summed E-state index contributed by atoms with van der Waals surface area (Å²) in [5.74, 6) is 0.296. The summed E-state index contributed by atoms with van der Waals surface area (Å²) in [6.45, 7) is 6.31. The predicted molar refractivity (Wildman–Crippen MR) is 49.9 cm³/mol. The molecular formula is C10H19NO. The van der Waals surface area contributed by atoms with Gasteiger partial charge in [-0.3, -0.25) is 4.79 Å². The Hall–Kier alpha value is -0.530. The van der Waals surface area contributed by atoms with Gasteiger partial charge in [0.1, 0.15) is 0 Å². The van der Waals surface area contributed by atoms with Gasteiger partial charge in [-0.05, 0) is 18.3 Å². The fourth-order valence-electron chi connectivity index (χ4n) is 1.24. The molecule has 0 saturated heterocycles. The van der Waals surface area contributed by atoms with Gasteiger partial charge in [0, 0.05) is 19.5 Å². The first-order valence-electron chi connectivity index (χ1n) is 4.66. The van der Waals surface area contributed by atoms with Crippen LogP contribution in [-0.2, 0) is 4.79 Å². The van der Waals surface area contributed by atoms with E-state index < -0.39 is 0 Å². The van der Waals surface area contributed by atoms with Gasteiger partial charge < -0.3 is 4.90 Å². The Morgan fingerprint density at radius 1 is 1.42 bits per heavy atom. The molecule has 70 valence electrons. The molecule has 0 heterocycles. The van der Waals surface area contributed by atoms with Crippen LogP contribution in [0.25, 0.3) is 0 Å². The highest BCUT2D eigenvalue weighted by atomic mass is 16.2. The Morgan fingerprint density at radius 2 is 1.92 bits per heavy atom. The maximum Gasteiger partial charge on any atom is 0.223 e. The van der Waals surface area contributed by atoms with Crippen LogP contribution < -0.4 is 0 Å². The van der Waals surface area contributed by atoms with Crippen molar-refractivity contribution in [2.75, 3.05) is 7.05 Å². The quantitative estimate of drug-likeness (QED) is 0.619. The van der Waals surface area contributed by atoms with Gasteiger partial charge in [-0.25, -0.2) is 0 Å². The fraction of sp³-hybridized carbons (Fsp3) is 0.900. The molecular weight excluding hydrogens is 150 g/mol. The van der Waals surface area contributed by atoms with Crippen molar-refractivity contribution in [1.82, 2.24) is 4.90 Å². The maximum atomic E-state index is 11.6. The molecule has 0 aromatic heterocycles. The molecule has 0 radical (unpaired) electrons. The van der Waals surface area contributed by atoms with E-state index in [1.165, 1.54) is 12.8 Å². The molecule has 1 fully saturated rings. The second kappa shape index (κ2) is 3.08. The molecule has 2 nitrogen and oxygen atoms in total. The predicted octanol–water partition coefficient (Wildman–Crippen LogP) is 2.04. The molecule has 1 rings (SSSR count). The average molecular weight is 169 g/mol. The van der Waals surface area contributed by atoms with Gasteiger partial charge in [0.25, 0.3) is 0 Å². The monoisotopic (exact) mass is 169 g/mol. The van der Waals surface area contributed by atoms with E-state index in [1.54, 1.807) is 0 Å². The number of hydrogen-bond donors (Lipinski definition) is 0. The molecule has 0 atom stereocenters. The van der Waals surface area contributed by atoms with Gasteiger partial charge in [-0.2, -0.15) is 0 Å². The zero-order valence-electron chi connectivity index (χ0n) is 8.55. The summed E-state index contributed by atoms with van der Waals surface area (Å²) in [4.78, 5) is 13.5. The van der Waals surface area contributed by atoms with Crippen molar-refractivity contribution in [2.45, 2.75) is 46.1 Å².